The van der Waals surface area contributed by atoms with Gasteiger partial charge in [0.25, 0.3) is 0 Å². The van der Waals surface area contributed by atoms with Gasteiger partial charge in [-0.3, -0.25) is 4.79 Å². The molecular formula is C13H12Cl2FNO. The van der Waals surface area contributed by atoms with Gasteiger partial charge in [0.15, 0.2) is 0 Å². The van der Waals surface area contributed by atoms with Crippen LogP contribution in [0.25, 0.3) is 0 Å². The Morgan fingerprint density at radius 2 is 2.22 bits per heavy atom. The third-order valence-electron chi connectivity index (χ3n) is 3.16. The lowest BCUT2D eigenvalue weighted by Crippen LogP contribution is -2.26. The van der Waals surface area contributed by atoms with Gasteiger partial charge in [-0.25, -0.2) is 4.39 Å². The summed E-state index contributed by atoms with van der Waals surface area (Å²) >= 11 is 11.9. The minimum atomic E-state index is -0.373. The van der Waals surface area contributed by atoms with E-state index in [0.717, 1.165) is 0 Å². The number of benzene rings is 1. The second kappa shape index (κ2) is 5.29. The van der Waals surface area contributed by atoms with Crippen LogP contribution in [-0.4, -0.2) is 23.9 Å². The molecule has 0 radical (unpaired) electrons. The van der Waals surface area contributed by atoms with E-state index in [-0.39, 0.29) is 22.7 Å². The van der Waals surface area contributed by atoms with Crippen molar-refractivity contribution in [2.24, 2.45) is 0 Å². The van der Waals surface area contributed by atoms with Gasteiger partial charge in [0.05, 0.1) is 10.0 Å². The summed E-state index contributed by atoms with van der Waals surface area (Å²) in [6.45, 7) is 4.47. The first kappa shape index (κ1) is 13.4. The van der Waals surface area contributed by atoms with Crippen molar-refractivity contribution < 1.29 is 9.18 Å². The number of rotatable bonds is 2. The van der Waals surface area contributed by atoms with E-state index in [0.29, 0.717) is 30.1 Å². The van der Waals surface area contributed by atoms with Gasteiger partial charge in [0, 0.05) is 24.6 Å². The Morgan fingerprint density at radius 1 is 1.50 bits per heavy atom. The number of carbonyl (C=O) groups excluding carboxylic acids is 1. The van der Waals surface area contributed by atoms with E-state index in [1.54, 1.807) is 4.90 Å². The molecule has 18 heavy (non-hydrogen) atoms. The molecule has 0 spiro atoms. The Bertz CT molecular complexity index is 504. The molecule has 1 aliphatic heterocycles. The van der Waals surface area contributed by atoms with Crippen LogP contribution >= 0.6 is 23.2 Å². The van der Waals surface area contributed by atoms with Gasteiger partial charge >= 0.3 is 0 Å². The molecule has 1 aliphatic rings. The van der Waals surface area contributed by atoms with Crippen molar-refractivity contribution in [3.63, 3.8) is 0 Å². The van der Waals surface area contributed by atoms with Crippen molar-refractivity contribution in [1.29, 1.82) is 0 Å². The topological polar surface area (TPSA) is 20.3 Å². The highest BCUT2D eigenvalue weighted by atomic mass is 35.5. The van der Waals surface area contributed by atoms with Crippen molar-refractivity contribution in [2.75, 3.05) is 13.1 Å². The molecule has 96 valence electrons. The Morgan fingerprint density at radius 3 is 2.89 bits per heavy atom. The molecule has 0 aromatic heterocycles. The quantitative estimate of drug-likeness (QED) is 0.601. The molecule has 0 saturated carbocycles. The zero-order valence-electron chi connectivity index (χ0n) is 9.63. The largest absolute Gasteiger partial charge is 0.339 e. The maximum absolute atomic E-state index is 13.8. The summed E-state index contributed by atoms with van der Waals surface area (Å²) in [5.41, 5.74) is 0.406. The first-order chi connectivity index (χ1) is 8.54. The van der Waals surface area contributed by atoms with E-state index in [9.17, 15) is 9.18 Å². The summed E-state index contributed by atoms with van der Waals surface area (Å²) in [4.78, 5) is 13.1. The van der Waals surface area contributed by atoms with Crippen LogP contribution in [-0.2, 0) is 4.79 Å². The normalized spacial score (nSPS) is 19.1. The first-order valence-corrected chi connectivity index (χ1v) is 6.35. The molecule has 1 saturated heterocycles. The zero-order chi connectivity index (χ0) is 13.3. The molecule has 1 atom stereocenters. The van der Waals surface area contributed by atoms with Crippen LogP contribution < -0.4 is 0 Å². The van der Waals surface area contributed by atoms with Gasteiger partial charge in [-0.2, -0.15) is 0 Å². The van der Waals surface area contributed by atoms with Gasteiger partial charge in [-0.1, -0.05) is 29.8 Å². The Labute approximate surface area is 115 Å². The van der Waals surface area contributed by atoms with Crippen molar-refractivity contribution in [3.8, 4) is 0 Å². The molecule has 1 heterocycles. The van der Waals surface area contributed by atoms with Gasteiger partial charge in [0.2, 0.25) is 5.91 Å². The molecule has 1 unspecified atom stereocenters. The van der Waals surface area contributed by atoms with Crippen LogP contribution in [0.5, 0.6) is 0 Å². The van der Waals surface area contributed by atoms with Gasteiger partial charge in [0.1, 0.15) is 5.82 Å². The number of nitrogens with zero attached hydrogens (tertiary/aromatic N) is 1. The van der Waals surface area contributed by atoms with Crippen LogP contribution in [0.1, 0.15) is 17.9 Å². The third-order valence-corrected chi connectivity index (χ3v) is 3.98. The first-order valence-electron chi connectivity index (χ1n) is 5.59. The lowest BCUT2D eigenvalue weighted by Gasteiger charge is -2.16. The fraction of sp³-hybridized carbons (Fsp3) is 0.308. The number of amides is 1. The fourth-order valence-corrected chi connectivity index (χ4v) is 2.71. The van der Waals surface area contributed by atoms with E-state index in [1.165, 1.54) is 18.2 Å². The highest BCUT2D eigenvalue weighted by molar-refractivity contribution is 6.42. The minimum Gasteiger partial charge on any atom is -0.339 e. The second-order valence-electron chi connectivity index (χ2n) is 4.23. The molecule has 1 amide bonds. The molecule has 1 aromatic rings. The van der Waals surface area contributed by atoms with Crippen molar-refractivity contribution in [3.05, 3.63) is 46.2 Å². The molecule has 5 heteroatoms. The number of likely N-dealkylation sites (tertiary alicyclic amines) is 1. The van der Waals surface area contributed by atoms with E-state index < -0.39 is 0 Å². The van der Waals surface area contributed by atoms with Gasteiger partial charge in [-0.15, -0.1) is 0 Å². The highest BCUT2D eigenvalue weighted by Crippen LogP contribution is 2.37. The van der Waals surface area contributed by atoms with Crippen molar-refractivity contribution >= 4 is 29.1 Å². The lowest BCUT2D eigenvalue weighted by atomic mass is 9.98. The molecule has 2 nitrogen and oxygen atoms in total. The average Bonchev–Trinajstić information content (AvgIpc) is 2.83. The molecule has 1 fully saturated rings. The monoisotopic (exact) mass is 287 g/mol. The predicted octanol–water partition coefficient (Wildman–Crippen LogP) is 3.63. The predicted molar refractivity (Wildman–Crippen MR) is 70.6 cm³/mol. The summed E-state index contributed by atoms with van der Waals surface area (Å²) in [5.74, 6) is -0.626. The highest BCUT2D eigenvalue weighted by Gasteiger charge is 2.30. The Kier molecular flexibility index (Phi) is 3.93. The lowest BCUT2D eigenvalue weighted by molar-refractivity contribution is -0.125. The van der Waals surface area contributed by atoms with E-state index >= 15 is 0 Å². The summed E-state index contributed by atoms with van der Waals surface area (Å²) in [7, 11) is 0. The van der Waals surface area contributed by atoms with E-state index in [2.05, 4.69) is 6.58 Å². The van der Waals surface area contributed by atoms with Crippen molar-refractivity contribution in [2.45, 2.75) is 12.3 Å². The van der Waals surface area contributed by atoms with Gasteiger partial charge in [-0.05, 0) is 24.6 Å². The third kappa shape index (κ3) is 2.38. The van der Waals surface area contributed by atoms with Crippen molar-refractivity contribution in [1.82, 2.24) is 4.90 Å². The molecule has 0 aliphatic carbocycles. The standard InChI is InChI=1S/C13H12Cl2FNO/c1-2-11(18)17-6-5-8(7-17)12-10(16)4-3-9(14)13(12)15/h2-4,8H,1,5-7H2. The summed E-state index contributed by atoms with van der Waals surface area (Å²) < 4.78 is 13.8. The minimum absolute atomic E-state index is 0.111. The summed E-state index contributed by atoms with van der Waals surface area (Å²) in [6, 6.07) is 2.74. The van der Waals surface area contributed by atoms with E-state index in [4.69, 9.17) is 23.2 Å². The fourth-order valence-electron chi connectivity index (χ4n) is 2.24. The number of hydrogen-bond acceptors (Lipinski definition) is 1. The second-order valence-corrected chi connectivity index (χ2v) is 5.02. The number of hydrogen-bond donors (Lipinski definition) is 0. The maximum Gasteiger partial charge on any atom is 0.245 e. The summed E-state index contributed by atoms with van der Waals surface area (Å²) in [6.07, 6.45) is 1.94. The van der Waals surface area contributed by atoms with Gasteiger partial charge < -0.3 is 4.90 Å². The van der Waals surface area contributed by atoms with Crippen LogP contribution in [0.15, 0.2) is 24.8 Å². The van der Waals surface area contributed by atoms with Crippen LogP contribution in [0.4, 0.5) is 4.39 Å². The summed E-state index contributed by atoms with van der Waals surface area (Å²) in [5, 5.41) is 0.580. The smallest absolute Gasteiger partial charge is 0.245 e. The SMILES string of the molecule is C=CC(=O)N1CCC(c2c(F)ccc(Cl)c2Cl)C1. The zero-order valence-corrected chi connectivity index (χ0v) is 11.1. The van der Waals surface area contributed by atoms with Crippen LogP contribution in [0.2, 0.25) is 10.0 Å². The van der Waals surface area contributed by atoms with E-state index in [1.807, 2.05) is 0 Å². The average molecular weight is 288 g/mol. The van der Waals surface area contributed by atoms with Crippen LogP contribution in [0, 0.1) is 5.82 Å². The van der Waals surface area contributed by atoms with Crippen LogP contribution in [0.3, 0.4) is 0 Å². The number of carbonyl (C=O) groups is 1. The molecule has 2 rings (SSSR count). The molecule has 0 N–H and O–H groups in total. The Balaban J connectivity index is 2.27. The molecule has 1 aromatic carbocycles. The molecular weight excluding hydrogens is 276 g/mol. The maximum atomic E-state index is 13.8. The Hall–Kier alpha value is -1.06. The molecule has 0 bridgehead atoms. The number of halogens is 3.